The quantitative estimate of drug-likeness (QED) is 0.779. The van der Waals surface area contributed by atoms with Gasteiger partial charge >= 0.3 is 0 Å². The van der Waals surface area contributed by atoms with Crippen LogP contribution in [0.4, 0.5) is 0 Å². The summed E-state index contributed by atoms with van der Waals surface area (Å²) in [7, 11) is -6.75. The van der Waals surface area contributed by atoms with Crippen molar-refractivity contribution in [3.63, 3.8) is 0 Å². The van der Waals surface area contributed by atoms with Crippen molar-refractivity contribution in [1.29, 1.82) is 0 Å². The molecule has 114 valence electrons. The van der Waals surface area contributed by atoms with E-state index in [-0.39, 0.29) is 16.4 Å². The Balaban J connectivity index is 2.13. The predicted octanol–water partition coefficient (Wildman–Crippen LogP) is 0.323. The fourth-order valence-corrected chi connectivity index (χ4v) is 6.57. The summed E-state index contributed by atoms with van der Waals surface area (Å²) < 4.78 is 49.9. The number of sulfone groups is 1. The summed E-state index contributed by atoms with van der Waals surface area (Å²) >= 11 is 1.37. The Morgan fingerprint density at radius 3 is 2.80 bits per heavy atom. The van der Waals surface area contributed by atoms with Gasteiger partial charge < -0.3 is 5.32 Å². The number of hydrogen-bond acceptors (Lipinski definition) is 6. The number of nitrogens with one attached hydrogen (secondary N) is 2. The summed E-state index contributed by atoms with van der Waals surface area (Å²) in [5.74, 6) is -0.0625. The summed E-state index contributed by atoms with van der Waals surface area (Å²) in [6.45, 7) is 3.20. The molecule has 2 N–H and O–H groups in total. The molecule has 0 aromatic carbocycles. The maximum absolute atomic E-state index is 12.3. The molecule has 1 unspecified atom stereocenters. The van der Waals surface area contributed by atoms with Crippen LogP contribution in [0.1, 0.15) is 18.2 Å². The van der Waals surface area contributed by atoms with Crippen LogP contribution in [0.15, 0.2) is 16.3 Å². The molecule has 0 radical (unpaired) electrons. The molecule has 2 heterocycles. The van der Waals surface area contributed by atoms with Crippen LogP contribution in [-0.2, 0) is 26.4 Å². The van der Waals surface area contributed by atoms with E-state index in [0.29, 0.717) is 13.0 Å². The van der Waals surface area contributed by atoms with Gasteiger partial charge in [-0.2, -0.15) is 0 Å². The van der Waals surface area contributed by atoms with Gasteiger partial charge in [0.2, 0.25) is 10.0 Å². The fourth-order valence-electron chi connectivity index (χ4n) is 2.11. The Hall–Kier alpha value is -0.480. The second kappa shape index (κ2) is 6.10. The molecule has 0 saturated carbocycles. The molecule has 0 aliphatic carbocycles. The molecule has 1 fully saturated rings. The average Bonchev–Trinajstić information content (AvgIpc) is 2.93. The zero-order valence-electron chi connectivity index (χ0n) is 11.1. The van der Waals surface area contributed by atoms with Crippen LogP contribution in [0.3, 0.4) is 0 Å². The second-order valence-corrected chi connectivity index (χ2v) is 9.62. The molecule has 1 saturated heterocycles. The van der Waals surface area contributed by atoms with Crippen molar-refractivity contribution in [2.45, 2.75) is 30.8 Å². The minimum atomic E-state index is -3.66. The van der Waals surface area contributed by atoms with Crippen LogP contribution in [0.2, 0.25) is 0 Å². The third kappa shape index (κ3) is 3.79. The molecular formula is C11H18N2O4S3. The minimum Gasteiger partial charge on any atom is -0.312 e. The van der Waals surface area contributed by atoms with Gasteiger partial charge in [0.1, 0.15) is 0 Å². The molecule has 0 bridgehead atoms. The molecule has 1 atom stereocenters. The third-order valence-electron chi connectivity index (χ3n) is 3.08. The normalized spacial score (nSPS) is 22.1. The summed E-state index contributed by atoms with van der Waals surface area (Å²) in [6.07, 6.45) is 0.342. The Bertz CT molecular complexity index is 664. The van der Waals surface area contributed by atoms with Gasteiger partial charge in [-0.1, -0.05) is 6.92 Å². The molecule has 1 aromatic heterocycles. The zero-order chi connectivity index (χ0) is 14.8. The van der Waals surface area contributed by atoms with Crippen LogP contribution in [0.25, 0.3) is 0 Å². The molecule has 1 aliphatic rings. The van der Waals surface area contributed by atoms with E-state index in [2.05, 4.69) is 10.0 Å². The lowest BCUT2D eigenvalue weighted by atomic mass is 10.3. The first-order chi connectivity index (χ1) is 9.34. The van der Waals surface area contributed by atoms with Gasteiger partial charge in [-0.3, -0.25) is 0 Å². The van der Waals surface area contributed by atoms with Crippen molar-refractivity contribution in [2.24, 2.45) is 0 Å². The van der Waals surface area contributed by atoms with Gasteiger partial charge in [0, 0.05) is 17.5 Å². The van der Waals surface area contributed by atoms with Crippen LogP contribution < -0.4 is 10.0 Å². The van der Waals surface area contributed by atoms with E-state index in [1.165, 1.54) is 11.3 Å². The minimum absolute atomic E-state index is 0.0497. The molecule has 2 rings (SSSR count). The SMILES string of the molecule is CCNCc1sccc1S(=O)(=O)NC1CCS(=O)(=O)C1. The molecule has 20 heavy (non-hydrogen) atoms. The first-order valence-electron chi connectivity index (χ1n) is 6.34. The maximum atomic E-state index is 12.3. The molecule has 0 spiro atoms. The first kappa shape index (κ1) is 15.9. The van der Waals surface area contributed by atoms with Crippen molar-refractivity contribution in [3.8, 4) is 0 Å². The molecular weight excluding hydrogens is 320 g/mol. The lowest BCUT2D eigenvalue weighted by Gasteiger charge is -2.12. The Labute approximate surface area is 123 Å². The highest BCUT2D eigenvalue weighted by Crippen LogP contribution is 2.23. The predicted molar refractivity (Wildman–Crippen MR) is 79.1 cm³/mol. The molecule has 1 aliphatic heterocycles. The number of hydrogen-bond donors (Lipinski definition) is 2. The molecule has 0 amide bonds. The Kier molecular flexibility index (Phi) is 4.85. The van der Waals surface area contributed by atoms with Crippen LogP contribution >= 0.6 is 11.3 Å². The average molecular weight is 338 g/mol. The van der Waals surface area contributed by atoms with Gasteiger partial charge in [-0.05, 0) is 24.4 Å². The molecule has 1 aromatic rings. The lowest BCUT2D eigenvalue weighted by Crippen LogP contribution is -2.36. The van der Waals surface area contributed by atoms with Gasteiger partial charge in [-0.15, -0.1) is 11.3 Å². The van der Waals surface area contributed by atoms with Gasteiger partial charge in [-0.25, -0.2) is 21.6 Å². The number of rotatable bonds is 6. The Morgan fingerprint density at radius 2 is 2.20 bits per heavy atom. The first-order valence-corrected chi connectivity index (χ1v) is 10.5. The van der Waals surface area contributed by atoms with E-state index >= 15 is 0 Å². The second-order valence-electron chi connectivity index (χ2n) is 4.71. The van der Waals surface area contributed by atoms with E-state index in [1.54, 1.807) is 11.4 Å². The Morgan fingerprint density at radius 1 is 1.45 bits per heavy atom. The highest BCUT2D eigenvalue weighted by molar-refractivity contribution is 7.92. The van der Waals surface area contributed by atoms with E-state index < -0.39 is 25.9 Å². The van der Waals surface area contributed by atoms with Crippen LogP contribution in [-0.4, -0.2) is 40.9 Å². The third-order valence-corrected chi connectivity index (χ3v) is 7.51. The van der Waals surface area contributed by atoms with E-state index in [4.69, 9.17) is 0 Å². The standard InChI is InChI=1S/C11H18N2O4S3/c1-2-12-7-10-11(3-5-18-10)20(16,17)13-9-4-6-19(14,15)8-9/h3,5,9,12-13H,2,4,6-8H2,1H3. The van der Waals surface area contributed by atoms with Crippen LogP contribution in [0, 0.1) is 0 Å². The van der Waals surface area contributed by atoms with Crippen molar-refractivity contribution >= 4 is 31.2 Å². The number of thiophene rings is 1. The lowest BCUT2D eigenvalue weighted by molar-refractivity contribution is 0.561. The van der Waals surface area contributed by atoms with E-state index in [9.17, 15) is 16.8 Å². The monoisotopic (exact) mass is 338 g/mol. The molecule has 6 nitrogen and oxygen atoms in total. The van der Waals surface area contributed by atoms with Gasteiger partial charge in [0.25, 0.3) is 0 Å². The van der Waals surface area contributed by atoms with Gasteiger partial charge in [0.05, 0.1) is 16.4 Å². The summed E-state index contributed by atoms with van der Waals surface area (Å²) in [5, 5.41) is 4.82. The van der Waals surface area contributed by atoms with Crippen molar-refractivity contribution in [2.75, 3.05) is 18.1 Å². The van der Waals surface area contributed by atoms with E-state index in [0.717, 1.165) is 11.4 Å². The highest BCUT2D eigenvalue weighted by Gasteiger charge is 2.32. The van der Waals surface area contributed by atoms with Gasteiger partial charge in [0.15, 0.2) is 9.84 Å². The maximum Gasteiger partial charge on any atom is 0.242 e. The summed E-state index contributed by atoms with van der Waals surface area (Å²) in [4.78, 5) is 0.980. The largest absolute Gasteiger partial charge is 0.312 e. The van der Waals surface area contributed by atoms with Crippen molar-refractivity contribution in [3.05, 3.63) is 16.3 Å². The topological polar surface area (TPSA) is 92.3 Å². The van der Waals surface area contributed by atoms with Crippen molar-refractivity contribution in [1.82, 2.24) is 10.0 Å². The zero-order valence-corrected chi connectivity index (χ0v) is 13.6. The smallest absolute Gasteiger partial charge is 0.242 e. The summed E-state index contributed by atoms with van der Waals surface area (Å²) in [5.41, 5.74) is 0. The molecule has 9 heteroatoms. The highest BCUT2D eigenvalue weighted by atomic mass is 32.2. The number of sulfonamides is 1. The van der Waals surface area contributed by atoms with Crippen molar-refractivity contribution < 1.29 is 16.8 Å². The van der Waals surface area contributed by atoms with Crippen LogP contribution in [0.5, 0.6) is 0 Å². The fraction of sp³-hybridized carbons (Fsp3) is 0.636. The van der Waals surface area contributed by atoms with E-state index in [1.807, 2.05) is 6.92 Å². The summed E-state index contributed by atoms with van der Waals surface area (Å²) in [6, 6.07) is 1.04.